The van der Waals surface area contributed by atoms with Crippen molar-refractivity contribution in [1.29, 1.82) is 0 Å². The molecule has 3 nitrogen and oxygen atoms in total. The molecule has 3 atom stereocenters. The fourth-order valence-electron chi connectivity index (χ4n) is 3.15. The Morgan fingerprint density at radius 1 is 1.41 bits per heavy atom. The van der Waals surface area contributed by atoms with Crippen molar-refractivity contribution in [3.05, 3.63) is 33.8 Å². The van der Waals surface area contributed by atoms with E-state index in [0.29, 0.717) is 22.5 Å². The van der Waals surface area contributed by atoms with Crippen molar-refractivity contribution < 1.29 is 4.79 Å². The third kappa shape index (κ3) is 4.08. The minimum absolute atomic E-state index is 0. The Morgan fingerprint density at radius 3 is 2.68 bits per heavy atom. The van der Waals surface area contributed by atoms with Gasteiger partial charge in [-0.2, -0.15) is 0 Å². The average Bonchev–Trinajstić information content (AvgIpc) is 2.93. The van der Waals surface area contributed by atoms with E-state index in [0.717, 1.165) is 24.8 Å². The zero-order valence-corrected chi connectivity index (χ0v) is 15.2. The Labute approximate surface area is 148 Å². The summed E-state index contributed by atoms with van der Waals surface area (Å²) in [6.45, 7) is 2.57. The minimum Gasteiger partial charge on any atom is -0.339 e. The van der Waals surface area contributed by atoms with Crippen LogP contribution in [0.4, 0.5) is 0 Å². The molecule has 0 bridgehead atoms. The second-order valence-corrected chi connectivity index (χ2v) is 6.67. The van der Waals surface area contributed by atoms with Gasteiger partial charge in [-0.05, 0) is 49.9 Å². The molecule has 1 unspecified atom stereocenters. The number of carbonyl (C=O) groups excluding carboxylic acids is 1. The highest BCUT2D eigenvalue weighted by molar-refractivity contribution is 6.35. The molecule has 22 heavy (non-hydrogen) atoms. The molecular formula is C16H23Cl3N2O. The van der Waals surface area contributed by atoms with Crippen molar-refractivity contribution >= 4 is 41.5 Å². The van der Waals surface area contributed by atoms with E-state index in [2.05, 4.69) is 0 Å². The molecule has 1 aromatic carbocycles. The summed E-state index contributed by atoms with van der Waals surface area (Å²) in [6, 6.07) is 5.32. The molecule has 1 aliphatic rings. The van der Waals surface area contributed by atoms with Crippen molar-refractivity contribution in [2.24, 2.45) is 17.6 Å². The topological polar surface area (TPSA) is 46.3 Å². The number of carbonyl (C=O) groups is 1. The normalized spacial score (nSPS) is 22.0. The Bertz CT molecular complexity index is 524. The van der Waals surface area contributed by atoms with Crippen molar-refractivity contribution in [1.82, 2.24) is 4.90 Å². The third-order valence-electron chi connectivity index (χ3n) is 4.62. The molecule has 0 saturated heterocycles. The van der Waals surface area contributed by atoms with E-state index >= 15 is 0 Å². The summed E-state index contributed by atoms with van der Waals surface area (Å²) < 4.78 is 0. The predicted octanol–water partition coefficient (Wildman–Crippen LogP) is 4.31. The molecule has 0 heterocycles. The van der Waals surface area contributed by atoms with Crippen molar-refractivity contribution in [2.75, 3.05) is 13.6 Å². The summed E-state index contributed by atoms with van der Waals surface area (Å²) in [4.78, 5) is 14.5. The molecule has 1 fully saturated rings. The third-order valence-corrected chi connectivity index (χ3v) is 5.18. The average molecular weight is 366 g/mol. The van der Waals surface area contributed by atoms with Crippen LogP contribution in [-0.4, -0.2) is 24.4 Å². The molecule has 0 aliphatic heterocycles. The summed E-state index contributed by atoms with van der Waals surface area (Å²) >= 11 is 12.2. The van der Waals surface area contributed by atoms with Crippen molar-refractivity contribution in [3.8, 4) is 0 Å². The van der Waals surface area contributed by atoms with Gasteiger partial charge in [0, 0.05) is 23.0 Å². The number of halogens is 3. The Balaban J connectivity index is 0.00000242. The molecule has 0 aromatic heterocycles. The van der Waals surface area contributed by atoms with E-state index in [-0.39, 0.29) is 30.3 Å². The Kier molecular flexibility index (Phi) is 7.47. The van der Waals surface area contributed by atoms with Crippen LogP contribution in [0.1, 0.15) is 37.8 Å². The lowest BCUT2D eigenvalue weighted by atomic mass is 9.94. The quantitative estimate of drug-likeness (QED) is 0.864. The van der Waals surface area contributed by atoms with Crippen LogP contribution in [0.25, 0.3) is 0 Å². The van der Waals surface area contributed by atoms with E-state index in [9.17, 15) is 4.79 Å². The highest BCUT2D eigenvalue weighted by Gasteiger charge is 2.35. The molecule has 6 heteroatoms. The highest BCUT2D eigenvalue weighted by atomic mass is 35.5. The summed E-state index contributed by atoms with van der Waals surface area (Å²) in [5, 5.41) is 1.19. The lowest BCUT2D eigenvalue weighted by molar-refractivity contribution is -0.137. The first-order valence-electron chi connectivity index (χ1n) is 7.37. The van der Waals surface area contributed by atoms with Crippen LogP contribution >= 0.6 is 35.6 Å². The van der Waals surface area contributed by atoms with Crippen molar-refractivity contribution in [3.63, 3.8) is 0 Å². The van der Waals surface area contributed by atoms with E-state index in [1.54, 1.807) is 17.0 Å². The molecule has 0 radical (unpaired) electrons. The molecule has 1 saturated carbocycles. The van der Waals surface area contributed by atoms with Gasteiger partial charge in [0.25, 0.3) is 0 Å². The zero-order chi connectivity index (χ0) is 15.6. The van der Waals surface area contributed by atoms with Gasteiger partial charge in [-0.15, -0.1) is 12.4 Å². The first kappa shape index (κ1) is 19.6. The SMILES string of the molecule is CC(c1ccc(Cl)cc1Cl)N(C)C(=O)[C@@H]1CCC[C@@H]1CN.Cl. The summed E-state index contributed by atoms with van der Waals surface area (Å²) in [6.07, 6.45) is 3.07. The monoisotopic (exact) mass is 364 g/mol. The largest absolute Gasteiger partial charge is 0.339 e. The van der Waals surface area contributed by atoms with E-state index in [1.165, 1.54) is 0 Å². The van der Waals surface area contributed by atoms with E-state index in [1.807, 2.05) is 20.0 Å². The summed E-state index contributed by atoms with van der Waals surface area (Å²) in [7, 11) is 1.84. The van der Waals surface area contributed by atoms with Gasteiger partial charge < -0.3 is 10.6 Å². The van der Waals surface area contributed by atoms with Gasteiger partial charge in [-0.1, -0.05) is 35.7 Å². The fourth-order valence-corrected chi connectivity index (χ4v) is 3.71. The van der Waals surface area contributed by atoms with Crippen molar-refractivity contribution in [2.45, 2.75) is 32.2 Å². The van der Waals surface area contributed by atoms with Gasteiger partial charge in [0.05, 0.1) is 6.04 Å². The summed E-state index contributed by atoms with van der Waals surface area (Å²) in [5.41, 5.74) is 6.70. The number of nitrogens with zero attached hydrogens (tertiary/aromatic N) is 1. The van der Waals surface area contributed by atoms with Crippen LogP contribution in [-0.2, 0) is 4.79 Å². The second kappa shape index (κ2) is 8.39. The molecule has 1 aromatic rings. The Hall–Kier alpha value is -0.480. The van der Waals surface area contributed by atoms with E-state index < -0.39 is 0 Å². The van der Waals surface area contributed by atoms with E-state index in [4.69, 9.17) is 28.9 Å². The van der Waals surface area contributed by atoms with Crippen LogP contribution in [0.5, 0.6) is 0 Å². The van der Waals surface area contributed by atoms with Crippen LogP contribution in [0, 0.1) is 11.8 Å². The van der Waals surface area contributed by atoms with Gasteiger partial charge in [0.1, 0.15) is 0 Å². The van der Waals surface area contributed by atoms with Gasteiger partial charge in [-0.3, -0.25) is 4.79 Å². The molecule has 2 N–H and O–H groups in total. The lowest BCUT2D eigenvalue weighted by Crippen LogP contribution is -2.38. The number of rotatable bonds is 4. The number of hydrogen-bond donors (Lipinski definition) is 1. The first-order valence-corrected chi connectivity index (χ1v) is 8.13. The van der Waals surface area contributed by atoms with Crippen LogP contribution in [0.3, 0.4) is 0 Å². The molecule has 1 aliphatic carbocycles. The second-order valence-electron chi connectivity index (χ2n) is 5.82. The van der Waals surface area contributed by atoms with Gasteiger partial charge >= 0.3 is 0 Å². The fraction of sp³-hybridized carbons (Fsp3) is 0.562. The van der Waals surface area contributed by atoms with Gasteiger partial charge in [-0.25, -0.2) is 0 Å². The maximum Gasteiger partial charge on any atom is 0.226 e. The highest BCUT2D eigenvalue weighted by Crippen LogP contribution is 2.35. The smallest absolute Gasteiger partial charge is 0.226 e. The maximum absolute atomic E-state index is 12.7. The first-order chi connectivity index (χ1) is 9.95. The number of benzene rings is 1. The minimum atomic E-state index is -0.0821. The number of nitrogens with two attached hydrogens (primary N) is 1. The summed E-state index contributed by atoms with van der Waals surface area (Å²) in [5.74, 6) is 0.530. The molecule has 2 rings (SSSR count). The predicted molar refractivity (Wildman–Crippen MR) is 94.8 cm³/mol. The molecule has 1 amide bonds. The number of amides is 1. The van der Waals surface area contributed by atoms with Crippen LogP contribution < -0.4 is 5.73 Å². The van der Waals surface area contributed by atoms with Crippen LogP contribution in [0.15, 0.2) is 18.2 Å². The molecule has 124 valence electrons. The Morgan fingerprint density at radius 2 is 2.09 bits per heavy atom. The zero-order valence-electron chi connectivity index (χ0n) is 12.9. The standard InChI is InChI=1S/C16H22Cl2N2O.ClH/c1-10(13-7-6-12(17)8-15(13)18)20(2)16(21)14-5-3-4-11(14)9-19;/h6-8,10-11,14H,3-5,9,19H2,1-2H3;1H/t10?,11-,14-;/m1./s1. The lowest BCUT2D eigenvalue weighted by Gasteiger charge is -2.30. The number of hydrogen-bond acceptors (Lipinski definition) is 2. The molecule has 0 spiro atoms. The molecular weight excluding hydrogens is 343 g/mol. The maximum atomic E-state index is 12.7. The van der Waals surface area contributed by atoms with Crippen LogP contribution in [0.2, 0.25) is 10.0 Å². The van der Waals surface area contributed by atoms with Gasteiger partial charge in [0.15, 0.2) is 0 Å². The van der Waals surface area contributed by atoms with Gasteiger partial charge in [0.2, 0.25) is 5.91 Å².